The minimum atomic E-state index is -0.753. The van der Waals surface area contributed by atoms with E-state index in [1.165, 1.54) is 0 Å². The van der Waals surface area contributed by atoms with Crippen LogP contribution in [0.5, 0.6) is 5.75 Å². The molecule has 0 aliphatic carbocycles. The molecule has 0 aliphatic rings. The number of amides is 2. The maximum Gasteiger partial charge on any atom is 0.408 e. The average molecular weight is 322 g/mol. The minimum absolute atomic E-state index is 0.0368. The quantitative estimate of drug-likeness (QED) is 0.776. The highest BCUT2D eigenvalue weighted by Gasteiger charge is 2.25. The molecule has 1 atom stereocenters. The van der Waals surface area contributed by atoms with E-state index in [4.69, 9.17) is 4.74 Å². The average Bonchev–Trinajstić information content (AvgIpc) is 2.37. The van der Waals surface area contributed by atoms with Crippen molar-refractivity contribution in [3.8, 4) is 5.75 Å². The Morgan fingerprint density at radius 2 is 1.70 bits per heavy atom. The van der Waals surface area contributed by atoms with Crippen molar-refractivity contribution >= 4 is 12.0 Å². The van der Waals surface area contributed by atoms with E-state index in [-0.39, 0.29) is 17.7 Å². The molecule has 0 aromatic heterocycles. The molecular weight excluding hydrogens is 296 g/mol. The Bertz CT molecular complexity index is 533. The zero-order valence-corrected chi connectivity index (χ0v) is 14.3. The molecule has 1 aromatic carbocycles. The van der Waals surface area contributed by atoms with Gasteiger partial charge in [0, 0.05) is 12.5 Å². The maximum atomic E-state index is 12.3. The molecule has 0 fully saturated rings. The number of ether oxygens (including phenoxy) is 1. The van der Waals surface area contributed by atoms with Crippen LogP contribution in [0.1, 0.15) is 40.2 Å². The van der Waals surface area contributed by atoms with E-state index < -0.39 is 17.7 Å². The van der Waals surface area contributed by atoms with Gasteiger partial charge in [-0.05, 0) is 52.3 Å². The Morgan fingerprint density at radius 1 is 1.13 bits per heavy atom. The van der Waals surface area contributed by atoms with Crippen molar-refractivity contribution in [1.29, 1.82) is 0 Å². The fourth-order valence-corrected chi connectivity index (χ4v) is 1.91. The molecule has 0 spiro atoms. The first-order valence-electron chi connectivity index (χ1n) is 7.64. The van der Waals surface area contributed by atoms with Gasteiger partial charge in [-0.15, -0.1) is 0 Å². The summed E-state index contributed by atoms with van der Waals surface area (Å²) in [7, 11) is 0. The smallest absolute Gasteiger partial charge is 0.408 e. The van der Waals surface area contributed by atoms with Crippen LogP contribution in [0.25, 0.3) is 0 Å². The van der Waals surface area contributed by atoms with Crippen molar-refractivity contribution < 1.29 is 19.4 Å². The first kappa shape index (κ1) is 18.8. The number of carbonyl (C=O) groups excluding carboxylic acids is 2. The molecule has 0 heterocycles. The third-order valence-corrected chi connectivity index (χ3v) is 2.81. The van der Waals surface area contributed by atoms with E-state index in [9.17, 15) is 14.7 Å². The van der Waals surface area contributed by atoms with E-state index >= 15 is 0 Å². The van der Waals surface area contributed by atoms with Crippen molar-refractivity contribution in [2.75, 3.05) is 0 Å². The summed E-state index contributed by atoms with van der Waals surface area (Å²) >= 11 is 0. The summed E-state index contributed by atoms with van der Waals surface area (Å²) in [6, 6.07) is 5.71. The Morgan fingerprint density at radius 3 is 2.17 bits per heavy atom. The van der Waals surface area contributed by atoms with Crippen molar-refractivity contribution in [2.45, 2.75) is 58.7 Å². The van der Waals surface area contributed by atoms with E-state index in [1.54, 1.807) is 45.0 Å². The molecule has 2 amide bonds. The van der Waals surface area contributed by atoms with Crippen molar-refractivity contribution in [3.05, 3.63) is 29.8 Å². The molecule has 6 heteroatoms. The molecule has 0 bridgehead atoms. The second kappa shape index (κ2) is 7.85. The van der Waals surface area contributed by atoms with E-state index in [2.05, 4.69) is 10.6 Å². The van der Waals surface area contributed by atoms with Crippen LogP contribution >= 0.6 is 0 Å². The lowest BCUT2D eigenvalue weighted by Gasteiger charge is -2.24. The second-order valence-corrected chi connectivity index (χ2v) is 6.73. The van der Waals surface area contributed by atoms with Crippen LogP contribution in [-0.4, -0.2) is 34.8 Å². The van der Waals surface area contributed by atoms with Crippen LogP contribution < -0.4 is 10.6 Å². The molecule has 128 valence electrons. The monoisotopic (exact) mass is 322 g/mol. The third-order valence-electron chi connectivity index (χ3n) is 2.81. The predicted octanol–water partition coefficient (Wildman–Crippen LogP) is 2.35. The zero-order valence-electron chi connectivity index (χ0n) is 14.3. The van der Waals surface area contributed by atoms with E-state index in [1.807, 2.05) is 13.8 Å². The number of phenolic OH excluding ortho intramolecular Hbond substituents is 1. The molecule has 0 radical (unpaired) electrons. The zero-order chi connectivity index (χ0) is 17.6. The van der Waals surface area contributed by atoms with Crippen LogP contribution in [0.4, 0.5) is 4.79 Å². The molecule has 6 nitrogen and oxygen atoms in total. The Labute approximate surface area is 137 Å². The van der Waals surface area contributed by atoms with Crippen LogP contribution in [0.15, 0.2) is 24.3 Å². The van der Waals surface area contributed by atoms with Gasteiger partial charge in [-0.3, -0.25) is 4.79 Å². The number of rotatable bonds is 5. The summed E-state index contributed by atoms with van der Waals surface area (Å²) in [6.45, 7) is 8.98. The summed E-state index contributed by atoms with van der Waals surface area (Å²) in [5.41, 5.74) is 0.185. The van der Waals surface area contributed by atoms with Gasteiger partial charge in [0.2, 0.25) is 5.91 Å². The van der Waals surface area contributed by atoms with Gasteiger partial charge in [0.1, 0.15) is 17.4 Å². The highest BCUT2D eigenvalue weighted by Crippen LogP contribution is 2.12. The van der Waals surface area contributed by atoms with Gasteiger partial charge in [-0.1, -0.05) is 12.1 Å². The van der Waals surface area contributed by atoms with Crippen molar-refractivity contribution in [2.24, 2.45) is 0 Å². The number of alkyl carbamates (subject to hydrolysis) is 1. The number of aromatic hydroxyl groups is 1. The first-order chi connectivity index (χ1) is 10.6. The normalized spacial score (nSPS) is 12.6. The van der Waals surface area contributed by atoms with Crippen LogP contribution in [0.2, 0.25) is 0 Å². The number of benzene rings is 1. The van der Waals surface area contributed by atoms with Crippen LogP contribution in [-0.2, 0) is 16.0 Å². The predicted molar refractivity (Wildman–Crippen MR) is 88.2 cm³/mol. The number of carbonyl (C=O) groups is 2. The Kier molecular flexibility index (Phi) is 6.42. The Balaban J connectivity index is 2.82. The van der Waals surface area contributed by atoms with Gasteiger partial charge in [0.05, 0.1) is 0 Å². The second-order valence-electron chi connectivity index (χ2n) is 6.73. The number of hydrogen-bond acceptors (Lipinski definition) is 4. The lowest BCUT2D eigenvalue weighted by atomic mass is 10.0. The van der Waals surface area contributed by atoms with E-state index in [0.29, 0.717) is 6.42 Å². The molecule has 0 saturated heterocycles. The molecular formula is C17H26N2O4. The Hall–Kier alpha value is -2.24. The molecule has 0 aliphatic heterocycles. The molecule has 1 aromatic rings. The highest BCUT2D eigenvalue weighted by atomic mass is 16.6. The summed E-state index contributed by atoms with van der Waals surface area (Å²) in [6.07, 6.45) is -0.335. The number of hydrogen-bond donors (Lipinski definition) is 3. The van der Waals surface area contributed by atoms with Gasteiger partial charge in [-0.2, -0.15) is 0 Å². The SMILES string of the molecule is CC(C)NC(=O)C(Cc1ccc(O)cc1)NC(=O)OC(C)(C)C. The molecule has 1 unspecified atom stereocenters. The van der Waals surface area contributed by atoms with Gasteiger partial charge in [0.25, 0.3) is 0 Å². The molecule has 1 rings (SSSR count). The highest BCUT2D eigenvalue weighted by molar-refractivity contribution is 5.86. The summed E-state index contributed by atoms with van der Waals surface area (Å²) in [4.78, 5) is 24.2. The van der Waals surface area contributed by atoms with Crippen molar-refractivity contribution in [1.82, 2.24) is 10.6 Å². The maximum absolute atomic E-state index is 12.3. The lowest BCUT2D eigenvalue weighted by molar-refractivity contribution is -0.123. The van der Waals surface area contributed by atoms with E-state index in [0.717, 1.165) is 5.56 Å². The molecule has 3 N–H and O–H groups in total. The summed E-state index contributed by atoms with van der Waals surface area (Å²) in [5, 5.41) is 14.7. The van der Waals surface area contributed by atoms with Crippen LogP contribution in [0.3, 0.4) is 0 Å². The fraction of sp³-hybridized carbons (Fsp3) is 0.529. The fourth-order valence-electron chi connectivity index (χ4n) is 1.91. The van der Waals surface area contributed by atoms with Gasteiger partial charge >= 0.3 is 6.09 Å². The van der Waals surface area contributed by atoms with Crippen molar-refractivity contribution in [3.63, 3.8) is 0 Å². The summed E-state index contributed by atoms with van der Waals surface area (Å²) in [5.74, 6) is -0.129. The standard InChI is InChI=1S/C17H26N2O4/c1-11(2)18-15(21)14(19-16(22)23-17(3,4)5)10-12-6-8-13(20)9-7-12/h6-9,11,14,20H,10H2,1-5H3,(H,18,21)(H,19,22). The first-order valence-corrected chi connectivity index (χ1v) is 7.64. The molecule has 23 heavy (non-hydrogen) atoms. The molecule has 0 saturated carbocycles. The van der Waals surface area contributed by atoms with Crippen LogP contribution in [0, 0.1) is 0 Å². The van der Waals surface area contributed by atoms with Gasteiger partial charge in [-0.25, -0.2) is 4.79 Å². The minimum Gasteiger partial charge on any atom is -0.508 e. The summed E-state index contributed by atoms with van der Waals surface area (Å²) < 4.78 is 5.21. The number of nitrogens with one attached hydrogen (secondary N) is 2. The topological polar surface area (TPSA) is 87.7 Å². The largest absolute Gasteiger partial charge is 0.508 e. The third kappa shape index (κ3) is 7.54. The lowest BCUT2D eigenvalue weighted by Crippen LogP contribution is -2.50. The number of phenols is 1. The van der Waals surface area contributed by atoms with Gasteiger partial charge < -0.3 is 20.5 Å². The van der Waals surface area contributed by atoms with Gasteiger partial charge in [0.15, 0.2) is 0 Å².